The zero-order chi connectivity index (χ0) is 31.0. The normalized spacial score (nSPS) is 11.9. The quantitative estimate of drug-likeness (QED) is 0.170. The predicted molar refractivity (Wildman–Crippen MR) is 167 cm³/mol. The molecule has 0 fully saturated rings. The maximum absolute atomic E-state index is 14.6. The van der Waals surface area contributed by atoms with Crippen LogP contribution in [0.1, 0.15) is 25.8 Å². The van der Waals surface area contributed by atoms with E-state index in [9.17, 15) is 17.6 Å². The highest BCUT2D eigenvalue weighted by molar-refractivity contribution is 7.88. The highest BCUT2D eigenvalue weighted by atomic mass is 32.2. The second-order valence-corrected chi connectivity index (χ2v) is 12.9. The van der Waals surface area contributed by atoms with Crippen LogP contribution in [-0.2, 0) is 21.4 Å². The van der Waals surface area contributed by atoms with Gasteiger partial charge in [0.05, 0.1) is 23.8 Å². The number of carbonyl (C=O) groups excluding carboxylic acids is 1. The van der Waals surface area contributed by atoms with E-state index in [2.05, 4.69) is 40.2 Å². The summed E-state index contributed by atoms with van der Waals surface area (Å²) in [5, 5.41) is 11.9. The minimum absolute atomic E-state index is 0.0342. The molecule has 0 saturated heterocycles. The van der Waals surface area contributed by atoms with Crippen LogP contribution in [0.15, 0.2) is 67.3 Å². The molecule has 0 saturated carbocycles. The van der Waals surface area contributed by atoms with Gasteiger partial charge in [-0.2, -0.15) is 5.10 Å². The summed E-state index contributed by atoms with van der Waals surface area (Å²) in [6.45, 7) is 3.94. The molecule has 0 atom stereocenters. The third-order valence-electron chi connectivity index (χ3n) is 6.96. The van der Waals surface area contributed by atoms with Crippen molar-refractivity contribution in [2.45, 2.75) is 26.8 Å². The van der Waals surface area contributed by atoms with Crippen LogP contribution in [0.2, 0.25) is 0 Å². The number of nitrogens with zero attached hydrogens (tertiary/aromatic N) is 4. The Hall–Kier alpha value is -5.01. The number of amides is 1. The van der Waals surface area contributed by atoms with Gasteiger partial charge in [-0.15, -0.1) is 0 Å². The van der Waals surface area contributed by atoms with Gasteiger partial charge in [-0.1, -0.05) is 13.8 Å². The molecule has 1 aromatic carbocycles. The molecule has 0 aliphatic heterocycles. The lowest BCUT2D eigenvalue weighted by molar-refractivity contribution is -0.116. The maximum Gasteiger partial charge on any atom is 0.224 e. The molecule has 0 spiro atoms. The highest BCUT2D eigenvalue weighted by Gasteiger charge is 2.17. The van der Waals surface area contributed by atoms with Gasteiger partial charge in [-0.05, 0) is 65.1 Å². The van der Waals surface area contributed by atoms with Crippen LogP contribution in [0.4, 0.5) is 10.1 Å². The van der Waals surface area contributed by atoms with Crippen LogP contribution in [0.3, 0.4) is 0 Å². The Bertz CT molecular complexity index is 2140. The van der Waals surface area contributed by atoms with Crippen molar-refractivity contribution in [1.29, 1.82) is 0 Å². The number of carbonyl (C=O) groups is 1. The van der Waals surface area contributed by atoms with E-state index < -0.39 is 15.8 Å². The molecular formula is C31H29FN8O3S. The van der Waals surface area contributed by atoms with Gasteiger partial charge in [0.25, 0.3) is 0 Å². The summed E-state index contributed by atoms with van der Waals surface area (Å²) in [6, 6.07) is 11.9. The minimum Gasteiger partial charge on any atom is -0.338 e. The molecule has 6 rings (SSSR count). The molecule has 5 aromatic heterocycles. The van der Waals surface area contributed by atoms with Crippen LogP contribution >= 0.6 is 0 Å². The Morgan fingerprint density at radius 1 is 0.955 bits per heavy atom. The van der Waals surface area contributed by atoms with E-state index in [4.69, 9.17) is 0 Å². The Kier molecular flexibility index (Phi) is 7.66. The van der Waals surface area contributed by atoms with Gasteiger partial charge >= 0.3 is 0 Å². The smallest absolute Gasteiger partial charge is 0.224 e. The van der Waals surface area contributed by atoms with Gasteiger partial charge in [0.2, 0.25) is 15.9 Å². The molecule has 0 radical (unpaired) electrons. The summed E-state index contributed by atoms with van der Waals surface area (Å²) < 4.78 is 40.1. The van der Waals surface area contributed by atoms with Crippen molar-refractivity contribution in [3.8, 4) is 33.6 Å². The van der Waals surface area contributed by atoms with Gasteiger partial charge in [0, 0.05) is 53.5 Å². The molecule has 0 aliphatic carbocycles. The first kappa shape index (κ1) is 29.1. The first-order chi connectivity index (χ1) is 21.0. The number of hydrogen-bond donors (Lipinski definition) is 4. The van der Waals surface area contributed by atoms with Crippen LogP contribution in [-0.4, -0.2) is 50.7 Å². The second kappa shape index (κ2) is 11.6. The number of fused-ring (bicyclic) bond motifs is 2. The number of nitrogens with one attached hydrogen (secondary N) is 4. The number of aromatic nitrogens is 6. The third kappa shape index (κ3) is 6.33. The molecule has 11 nitrogen and oxygen atoms in total. The largest absolute Gasteiger partial charge is 0.338 e. The number of benzene rings is 1. The average molecular weight is 613 g/mol. The summed E-state index contributed by atoms with van der Waals surface area (Å²) in [7, 11) is -3.44. The Balaban J connectivity index is 1.36. The van der Waals surface area contributed by atoms with Crippen LogP contribution in [0.25, 0.3) is 55.7 Å². The summed E-state index contributed by atoms with van der Waals surface area (Å²) in [4.78, 5) is 28.9. The van der Waals surface area contributed by atoms with E-state index >= 15 is 0 Å². The van der Waals surface area contributed by atoms with E-state index in [-0.39, 0.29) is 18.4 Å². The standard InChI is InChI=1S/C31H29FN8O3S/c1-17(2)6-28(41)37-23-10-20(14-33-16-23)21-11-26-29(39-40-31(26)35-15-21)27-12-25-24(4-5-34-30(25)38-27)19-7-18(8-22(32)9-19)13-36-44(3,42)43/h4-5,7-12,14-17,36H,6,13H2,1-3H3,(H,34,38)(H,37,41)(H,35,39,40). The summed E-state index contributed by atoms with van der Waals surface area (Å²) in [6.07, 6.45) is 8.12. The van der Waals surface area contributed by atoms with E-state index in [1.165, 1.54) is 12.1 Å². The lowest BCUT2D eigenvalue weighted by Gasteiger charge is -2.08. The highest BCUT2D eigenvalue weighted by Crippen LogP contribution is 2.35. The molecule has 13 heteroatoms. The fourth-order valence-corrected chi connectivity index (χ4v) is 5.47. The molecule has 0 bridgehead atoms. The summed E-state index contributed by atoms with van der Waals surface area (Å²) >= 11 is 0. The topological polar surface area (TPSA) is 158 Å². The zero-order valence-electron chi connectivity index (χ0n) is 24.1. The van der Waals surface area contributed by atoms with Gasteiger partial charge in [0.15, 0.2) is 5.65 Å². The van der Waals surface area contributed by atoms with Crippen LogP contribution in [0, 0.1) is 11.7 Å². The van der Waals surface area contributed by atoms with Crippen molar-refractivity contribution in [3.63, 3.8) is 0 Å². The predicted octanol–water partition coefficient (Wildman–Crippen LogP) is 5.40. The Morgan fingerprint density at radius 3 is 2.57 bits per heavy atom. The number of halogens is 1. The fourth-order valence-electron chi connectivity index (χ4n) is 5.04. The Morgan fingerprint density at radius 2 is 1.77 bits per heavy atom. The van der Waals surface area contributed by atoms with E-state index in [0.717, 1.165) is 33.7 Å². The van der Waals surface area contributed by atoms with E-state index in [0.29, 0.717) is 45.9 Å². The lowest BCUT2D eigenvalue weighted by atomic mass is 10.0. The first-order valence-corrected chi connectivity index (χ1v) is 15.7. The zero-order valence-corrected chi connectivity index (χ0v) is 25.0. The molecule has 224 valence electrons. The second-order valence-electron chi connectivity index (χ2n) is 11.0. The van der Waals surface area contributed by atoms with Crippen molar-refractivity contribution in [3.05, 3.63) is 78.6 Å². The van der Waals surface area contributed by atoms with Crippen molar-refractivity contribution in [2.75, 3.05) is 11.6 Å². The lowest BCUT2D eigenvalue weighted by Crippen LogP contribution is -2.21. The average Bonchev–Trinajstić information content (AvgIpc) is 3.59. The molecule has 1 amide bonds. The molecule has 0 unspecified atom stereocenters. The maximum atomic E-state index is 14.6. The number of sulfonamides is 1. The van der Waals surface area contributed by atoms with E-state index in [1.54, 1.807) is 36.9 Å². The molecule has 6 aromatic rings. The number of H-pyrrole nitrogens is 2. The van der Waals surface area contributed by atoms with Gasteiger partial charge < -0.3 is 10.3 Å². The molecular weight excluding hydrogens is 583 g/mol. The number of rotatable bonds is 9. The Labute approximate surface area is 252 Å². The summed E-state index contributed by atoms with van der Waals surface area (Å²) in [5.41, 5.74) is 6.40. The number of hydrogen-bond acceptors (Lipinski definition) is 7. The molecule has 5 heterocycles. The monoisotopic (exact) mass is 612 g/mol. The van der Waals surface area contributed by atoms with Crippen molar-refractivity contribution >= 4 is 43.7 Å². The van der Waals surface area contributed by atoms with Crippen molar-refractivity contribution in [2.24, 2.45) is 5.92 Å². The molecule has 44 heavy (non-hydrogen) atoms. The fraction of sp³-hybridized carbons (Fsp3) is 0.194. The third-order valence-corrected chi connectivity index (χ3v) is 7.63. The van der Waals surface area contributed by atoms with Crippen molar-refractivity contribution < 1.29 is 17.6 Å². The van der Waals surface area contributed by atoms with Gasteiger partial charge in [-0.3, -0.25) is 14.9 Å². The first-order valence-electron chi connectivity index (χ1n) is 13.8. The van der Waals surface area contributed by atoms with Crippen molar-refractivity contribution in [1.82, 2.24) is 34.9 Å². The number of pyridine rings is 3. The van der Waals surface area contributed by atoms with Crippen LogP contribution < -0.4 is 10.0 Å². The van der Waals surface area contributed by atoms with Crippen LogP contribution in [0.5, 0.6) is 0 Å². The molecule has 4 N–H and O–H groups in total. The van der Waals surface area contributed by atoms with Gasteiger partial charge in [0.1, 0.15) is 17.2 Å². The minimum atomic E-state index is -3.44. The summed E-state index contributed by atoms with van der Waals surface area (Å²) in [5.74, 6) is -0.316. The number of aromatic amines is 2. The van der Waals surface area contributed by atoms with Gasteiger partial charge in [-0.25, -0.2) is 27.5 Å². The molecule has 0 aliphatic rings. The SMILES string of the molecule is CC(C)CC(=O)Nc1cncc(-c2cnc3[nH]nc(-c4cc5c(-c6cc(F)cc(CNS(C)(=O)=O)c6)ccnc5[nH]4)c3c2)c1. The number of anilines is 1. The van der Waals surface area contributed by atoms with E-state index in [1.807, 2.05) is 32.0 Å².